The Kier molecular flexibility index (Phi) is 7.31. The van der Waals surface area contributed by atoms with Crippen molar-refractivity contribution in [2.75, 3.05) is 11.6 Å². The minimum absolute atomic E-state index is 0.144. The number of rotatable bonds is 6. The van der Waals surface area contributed by atoms with Gasteiger partial charge in [-0.15, -0.1) is 11.8 Å². The molecule has 0 aliphatic rings. The van der Waals surface area contributed by atoms with Crippen LogP contribution in [0, 0.1) is 28.6 Å². The SMILES string of the molecule is CS/C(N)=C(\C#N)[C@H](c1ccccc1Cl)[C@@H](C#N)C(=O)Nc1ccccc1. The highest BCUT2D eigenvalue weighted by Gasteiger charge is 2.35. The fourth-order valence-electron chi connectivity index (χ4n) is 2.64. The molecule has 0 aliphatic heterocycles. The average molecular weight is 397 g/mol. The van der Waals surface area contributed by atoms with Crippen molar-refractivity contribution in [1.29, 1.82) is 10.5 Å². The Morgan fingerprint density at radius 2 is 1.78 bits per heavy atom. The largest absolute Gasteiger partial charge is 0.393 e. The third-order valence-electron chi connectivity index (χ3n) is 3.95. The zero-order chi connectivity index (χ0) is 19.8. The standard InChI is InChI=1S/C20H17ClN4OS/c1-27-19(24)15(11-22)18(14-9-5-6-10-17(14)21)16(12-23)20(26)25-13-7-3-2-4-8-13/h2-10,16,18H,24H2,1H3,(H,25,26)/b19-15+/t16-,18+/m1/s1. The number of thioether (sulfide) groups is 1. The summed E-state index contributed by atoms with van der Waals surface area (Å²) in [5.74, 6) is -2.61. The van der Waals surface area contributed by atoms with Gasteiger partial charge in [-0.1, -0.05) is 48.0 Å². The number of carbonyl (C=O) groups excluding carboxylic acids is 1. The van der Waals surface area contributed by atoms with Crippen molar-refractivity contribution in [2.24, 2.45) is 11.7 Å². The van der Waals surface area contributed by atoms with Crippen LogP contribution in [0.5, 0.6) is 0 Å². The van der Waals surface area contributed by atoms with Gasteiger partial charge in [0.1, 0.15) is 5.92 Å². The third kappa shape index (κ3) is 4.83. The first kappa shape index (κ1) is 20.4. The minimum Gasteiger partial charge on any atom is -0.393 e. The highest BCUT2D eigenvalue weighted by atomic mass is 35.5. The van der Waals surface area contributed by atoms with Crippen LogP contribution in [-0.4, -0.2) is 12.2 Å². The van der Waals surface area contributed by atoms with E-state index in [4.69, 9.17) is 17.3 Å². The molecule has 2 aromatic rings. The number of nitrogens with two attached hydrogens (primary N) is 1. The van der Waals surface area contributed by atoms with Gasteiger partial charge >= 0.3 is 0 Å². The molecule has 2 aromatic carbocycles. The smallest absolute Gasteiger partial charge is 0.242 e. The van der Waals surface area contributed by atoms with Crippen LogP contribution in [0.3, 0.4) is 0 Å². The molecular weight excluding hydrogens is 380 g/mol. The first-order chi connectivity index (χ1) is 13.0. The number of carbonyl (C=O) groups is 1. The molecule has 5 nitrogen and oxygen atoms in total. The number of anilines is 1. The number of nitriles is 2. The van der Waals surface area contributed by atoms with E-state index in [1.807, 2.05) is 12.1 Å². The summed E-state index contributed by atoms with van der Waals surface area (Å²) in [6, 6.07) is 19.7. The number of benzene rings is 2. The van der Waals surface area contributed by atoms with Crippen LogP contribution in [0.4, 0.5) is 5.69 Å². The molecule has 1 amide bonds. The van der Waals surface area contributed by atoms with Crippen molar-refractivity contribution in [1.82, 2.24) is 0 Å². The Morgan fingerprint density at radius 3 is 2.33 bits per heavy atom. The molecule has 0 spiro atoms. The summed E-state index contributed by atoms with van der Waals surface area (Å²) in [5.41, 5.74) is 7.20. The van der Waals surface area contributed by atoms with Gasteiger partial charge in [-0.25, -0.2) is 0 Å². The van der Waals surface area contributed by atoms with E-state index >= 15 is 0 Å². The molecular formula is C20H17ClN4OS. The zero-order valence-corrected chi connectivity index (χ0v) is 16.1. The van der Waals surface area contributed by atoms with Crippen molar-refractivity contribution < 1.29 is 4.79 Å². The van der Waals surface area contributed by atoms with E-state index in [1.165, 1.54) is 11.8 Å². The zero-order valence-electron chi connectivity index (χ0n) is 14.5. The Morgan fingerprint density at radius 1 is 1.15 bits per heavy atom. The number of nitrogens with one attached hydrogen (secondary N) is 1. The van der Waals surface area contributed by atoms with E-state index in [9.17, 15) is 15.3 Å². The predicted octanol–water partition coefficient (Wildman–Crippen LogP) is 4.26. The molecule has 136 valence electrons. The highest BCUT2D eigenvalue weighted by Crippen LogP contribution is 2.38. The van der Waals surface area contributed by atoms with Gasteiger partial charge in [0.2, 0.25) is 5.91 Å². The predicted molar refractivity (Wildman–Crippen MR) is 109 cm³/mol. The van der Waals surface area contributed by atoms with Gasteiger partial charge in [0.15, 0.2) is 0 Å². The third-order valence-corrected chi connectivity index (χ3v) is 4.96. The summed E-state index contributed by atoms with van der Waals surface area (Å²) < 4.78 is 0. The maximum absolute atomic E-state index is 12.8. The molecule has 2 rings (SSSR count). The monoisotopic (exact) mass is 396 g/mol. The van der Waals surface area contributed by atoms with Crippen LogP contribution in [0.15, 0.2) is 65.2 Å². The second kappa shape index (κ2) is 9.68. The van der Waals surface area contributed by atoms with Gasteiger partial charge in [0, 0.05) is 16.6 Å². The van der Waals surface area contributed by atoms with Crippen LogP contribution in [0.2, 0.25) is 5.02 Å². The van der Waals surface area contributed by atoms with Crippen LogP contribution in [-0.2, 0) is 4.79 Å². The summed E-state index contributed by atoms with van der Waals surface area (Å²) in [4.78, 5) is 12.8. The summed E-state index contributed by atoms with van der Waals surface area (Å²) in [6.07, 6.45) is 1.72. The number of hydrogen-bond acceptors (Lipinski definition) is 5. The van der Waals surface area contributed by atoms with Gasteiger partial charge in [-0.2, -0.15) is 10.5 Å². The van der Waals surface area contributed by atoms with Crippen LogP contribution in [0.1, 0.15) is 11.5 Å². The average Bonchev–Trinajstić information content (AvgIpc) is 2.69. The van der Waals surface area contributed by atoms with Crippen molar-refractivity contribution in [3.63, 3.8) is 0 Å². The minimum atomic E-state index is -1.19. The molecule has 3 N–H and O–H groups in total. The molecule has 0 bridgehead atoms. The first-order valence-electron chi connectivity index (χ1n) is 7.97. The Labute approximate surface area is 167 Å². The van der Waals surface area contributed by atoms with Gasteiger partial charge in [0.25, 0.3) is 0 Å². The highest BCUT2D eigenvalue weighted by molar-refractivity contribution is 8.02. The molecule has 0 saturated heterocycles. The van der Waals surface area contributed by atoms with Crippen LogP contribution >= 0.6 is 23.4 Å². The molecule has 0 aliphatic carbocycles. The van der Waals surface area contributed by atoms with E-state index < -0.39 is 17.7 Å². The summed E-state index contributed by atoms with van der Waals surface area (Å²) in [5, 5.41) is 22.8. The summed E-state index contributed by atoms with van der Waals surface area (Å²) in [6.45, 7) is 0. The van der Waals surface area contributed by atoms with Crippen LogP contribution < -0.4 is 11.1 Å². The fraction of sp³-hybridized carbons (Fsp3) is 0.150. The van der Waals surface area contributed by atoms with Crippen molar-refractivity contribution in [3.05, 3.63) is 75.8 Å². The van der Waals surface area contributed by atoms with Crippen molar-refractivity contribution in [3.8, 4) is 12.1 Å². The molecule has 0 unspecified atom stereocenters. The van der Waals surface area contributed by atoms with Crippen molar-refractivity contribution >= 4 is 35.0 Å². The van der Waals surface area contributed by atoms with Gasteiger partial charge < -0.3 is 11.1 Å². The first-order valence-corrected chi connectivity index (χ1v) is 9.57. The second-order valence-electron chi connectivity index (χ2n) is 5.56. The molecule has 0 heterocycles. The van der Waals surface area contributed by atoms with Gasteiger partial charge in [-0.05, 0) is 30.0 Å². The lowest BCUT2D eigenvalue weighted by atomic mass is 9.81. The number of hydrogen-bond donors (Lipinski definition) is 2. The van der Waals surface area contributed by atoms with E-state index in [1.54, 1.807) is 54.8 Å². The van der Waals surface area contributed by atoms with E-state index in [-0.39, 0.29) is 10.6 Å². The molecule has 0 saturated carbocycles. The lowest BCUT2D eigenvalue weighted by Gasteiger charge is -2.23. The Balaban J connectivity index is 2.54. The summed E-state index contributed by atoms with van der Waals surface area (Å²) >= 11 is 7.49. The van der Waals surface area contributed by atoms with Gasteiger partial charge in [0.05, 0.1) is 22.7 Å². The quantitative estimate of drug-likeness (QED) is 0.710. The maximum atomic E-state index is 12.8. The van der Waals surface area contributed by atoms with E-state index in [0.29, 0.717) is 16.3 Å². The number of nitrogens with zero attached hydrogens (tertiary/aromatic N) is 2. The second-order valence-corrected chi connectivity index (χ2v) is 6.81. The van der Waals surface area contributed by atoms with Crippen LogP contribution in [0.25, 0.3) is 0 Å². The van der Waals surface area contributed by atoms with Crippen molar-refractivity contribution in [2.45, 2.75) is 5.92 Å². The lowest BCUT2D eigenvalue weighted by molar-refractivity contribution is -0.118. The molecule has 0 radical (unpaired) electrons. The Bertz CT molecular complexity index is 931. The summed E-state index contributed by atoms with van der Waals surface area (Å²) in [7, 11) is 0. The van der Waals surface area contributed by atoms with E-state index in [2.05, 4.69) is 11.4 Å². The molecule has 7 heteroatoms. The maximum Gasteiger partial charge on any atom is 0.242 e. The molecule has 0 aromatic heterocycles. The topological polar surface area (TPSA) is 103 Å². The molecule has 2 atom stereocenters. The number of halogens is 1. The normalized spacial score (nSPS) is 13.5. The number of para-hydroxylation sites is 1. The van der Waals surface area contributed by atoms with Gasteiger partial charge in [-0.3, -0.25) is 4.79 Å². The molecule has 0 fully saturated rings. The Hall–Kier alpha value is -2.93. The number of amides is 1. The number of allylic oxidation sites excluding steroid dienone is 1. The lowest BCUT2D eigenvalue weighted by Crippen LogP contribution is -2.29. The fourth-order valence-corrected chi connectivity index (χ4v) is 3.29. The van der Waals surface area contributed by atoms with E-state index in [0.717, 1.165) is 0 Å². The molecule has 27 heavy (non-hydrogen) atoms.